The third kappa shape index (κ3) is 3.68. The number of fused-ring (bicyclic) bond motifs is 4. The maximum absolute atomic E-state index is 14.0. The van der Waals surface area contributed by atoms with Crippen molar-refractivity contribution in [2.75, 3.05) is 19.6 Å². The number of piperidine rings is 3. The summed E-state index contributed by atoms with van der Waals surface area (Å²) in [6.45, 7) is 7.90. The van der Waals surface area contributed by atoms with E-state index >= 15 is 0 Å². The smallest absolute Gasteiger partial charge is 0.164 e. The topological polar surface area (TPSA) is 72.6 Å². The first-order valence-electron chi connectivity index (χ1n) is 11.5. The van der Waals surface area contributed by atoms with E-state index in [0.717, 1.165) is 34.9 Å². The van der Waals surface area contributed by atoms with Gasteiger partial charge < -0.3 is 9.47 Å². The lowest BCUT2D eigenvalue weighted by atomic mass is 9.77. The molecular weight excluding hydrogens is 417 g/mol. The van der Waals surface area contributed by atoms with Crippen molar-refractivity contribution in [3.05, 3.63) is 65.4 Å². The van der Waals surface area contributed by atoms with Crippen molar-refractivity contribution in [1.82, 2.24) is 34.4 Å². The number of imidazole rings is 1. The van der Waals surface area contributed by atoms with E-state index in [1.165, 1.54) is 43.9 Å². The second kappa shape index (κ2) is 7.95. The molecule has 8 heteroatoms. The predicted molar refractivity (Wildman–Crippen MR) is 123 cm³/mol. The largest absolute Gasteiger partial charge is 0.304 e. The molecule has 3 saturated heterocycles. The van der Waals surface area contributed by atoms with Crippen molar-refractivity contribution in [3.8, 4) is 11.4 Å². The lowest BCUT2D eigenvalue weighted by Crippen LogP contribution is -2.46. The molecule has 33 heavy (non-hydrogen) atoms. The Morgan fingerprint density at radius 2 is 1.88 bits per heavy atom. The quantitative estimate of drug-likeness (QED) is 0.476. The van der Waals surface area contributed by atoms with Gasteiger partial charge in [-0.3, -0.25) is 9.97 Å². The van der Waals surface area contributed by atoms with Crippen LogP contribution in [0.25, 0.3) is 22.6 Å². The Morgan fingerprint density at radius 3 is 2.58 bits per heavy atom. The highest BCUT2D eigenvalue weighted by molar-refractivity contribution is 5.79. The van der Waals surface area contributed by atoms with E-state index in [2.05, 4.69) is 32.0 Å². The number of rotatable bonds is 4. The SMILES string of the molecule is Cc1nc(C)c2nc(-c3cncc(F)c3)n(Cc3ccc(C4CN5CCC4CC5)nc3)c2n1. The maximum atomic E-state index is 14.0. The molecule has 1 atom stereocenters. The van der Waals surface area contributed by atoms with Gasteiger partial charge in [0.25, 0.3) is 0 Å². The number of nitrogens with zero attached hydrogens (tertiary/aromatic N) is 7. The van der Waals surface area contributed by atoms with Gasteiger partial charge in [-0.05, 0) is 63.4 Å². The van der Waals surface area contributed by atoms with Gasteiger partial charge >= 0.3 is 0 Å². The Hall–Kier alpha value is -3.26. The van der Waals surface area contributed by atoms with E-state index < -0.39 is 5.82 Å². The standard InChI is InChI=1S/C25H26FN7/c1-15-23-25(30-16(2)29-15)33(24(31-23)19-9-20(26)12-27-11-19)13-17-3-4-22(28-10-17)21-14-32-7-5-18(21)6-8-32/h3-4,9-12,18,21H,5-8,13-14H2,1-2H3. The van der Waals surface area contributed by atoms with Crippen LogP contribution in [0.5, 0.6) is 0 Å². The van der Waals surface area contributed by atoms with Crippen LogP contribution in [0.4, 0.5) is 4.39 Å². The van der Waals surface area contributed by atoms with Gasteiger partial charge in [-0.15, -0.1) is 0 Å². The molecule has 3 aliphatic heterocycles. The number of hydrogen-bond donors (Lipinski definition) is 0. The van der Waals surface area contributed by atoms with Crippen LogP contribution in [0, 0.1) is 25.6 Å². The summed E-state index contributed by atoms with van der Waals surface area (Å²) in [5, 5.41) is 0. The van der Waals surface area contributed by atoms with E-state index in [4.69, 9.17) is 9.97 Å². The van der Waals surface area contributed by atoms with Gasteiger partial charge in [0.05, 0.1) is 18.4 Å². The molecule has 168 valence electrons. The minimum absolute atomic E-state index is 0.395. The molecule has 0 saturated carbocycles. The van der Waals surface area contributed by atoms with Gasteiger partial charge in [0.1, 0.15) is 23.0 Å². The zero-order valence-electron chi connectivity index (χ0n) is 18.9. The molecule has 1 unspecified atom stereocenters. The number of halogens is 1. The Labute approximate surface area is 191 Å². The molecule has 0 aromatic carbocycles. The third-order valence-electron chi connectivity index (χ3n) is 7.07. The first kappa shape index (κ1) is 20.4. The summed E-state index contributed by atoms with van der Waals surface area (Å²) in [4.78, 5) is 25.4. The highest BCUT2D eigenvalue weighted by Crippen LogP contribution is 2.38. The van der Waals surface area contributed by atoms with E-state index in [0.29, 0.717) is 29.7 Å². The fraction of sp³-hybridized carbons (Fsp3) is 0.400. The Morgan fingerprint density at radius 1 is 1.03 bits per heavy atom. The van der Waals surface area contributed by atoms with Crippen molar-refractivity contribution < 1.29 is 4.39 Å². The zero-order chi connectivity index (χ0) is 22.5. The summed E-state index contributed by atoms with van der Waals surface area (Å²) in [6.07, 6.45) is 7.35. The van der Waals surface area contributed by atoms with Crippen LogP contribution in [-0.2, 0) is 6.54 Å². The van der Waals surface area contributed by atoms with E-state index in [-0.39, 0.29) is 0 Å². The number of pyridine rings is 2. The number of aromatic nitrogens is 6. The minimum atomic E-state index is -0.395. The Kier molecular flexibility index (Phi) is 4.90. The molecule has 0 amide bonds. The van der Waals surface area contributed by atoms with Crippen LogP contribution in [0.1, 0.15) is 41.5 Å². The van der Waals surface area contributed by atoms with Gasteiger partial charge in [0.2, 0.25) is 0 Å². The average Bonchev–Trinajstić information content (AvgIpc) is 3.19. The first-order valence-corrected chi connectivity index (χ1v) is 11.5. The Balaban J connectivity index is 1.38. The van der Waals surface area contributed by atoms with Crippen LogP contribution in [0.3, 0.4) is 0 Å². The molecule has 0 spiro atoms. The molecule has 0 N–H and O–H groups in total. The summed E-state index contributed by atoms with van der Waals surface area (Å²) >= 11 is 0. The Bertz CT molecular complexity index is 1320. The summed E-state index contributed by atoms with van der Waals surface area (Å²) in [6, 6.07) is 5.78. The van der Waals surface area contributed by atoms with E-state index in [1.807, 2.05) is 24.6 Å². The van der Waals surface area contributed by atoms with Crippen molar-refractivity contribution in [2.24, 2.45) is 5.92 Å². The van der Waals surface area contributed by atoms with Gasteiger partial charge in [-0.1, -0.05) is 6.07 Å². The van der Waals surface area contributed by atoms with Crippen LogP contribution < -0.4 is 0 Å². The van der Waals surface area contributed by atoms with Crippen molar-refractivity contribution in [2.45, 2.75) is 39.2 Å². The monoisotopic (exact) mass is 443 g/mol. The molecular formula is C25H26FN7. The van der Waals surface area contributed by atoms with Crippen LogP contribution >= 0.6 is 0 Å². The molecule has 4 aromatic rings. The van der Waals surface area contributed by atoms with Crippen LogP contribution in [-0.4, -0.2) is 54.0 Å². The van der Waals surface area contributed by atoms with Crippen LogP contribution in [0.15, 0.2) is 36.8 Å². The maximum Gasteiger partial charge on any atom is 0.164 e. The molecule has 3 aliphatic rings. The summed E-state index contributed by atoms with van der Waals surface area (Å²) in [5.74, 6) is 2.19. The van der Waals surface area contributed by atoms with Gasteiger partial charge in [0.15, 0.2) is 5.65 Å². The fourth-order valence-corrected chi connectivity index (χ4v) is 5.41. The van der Waals surface area contributed by atoms with Gasteiger partial charge in [0, 0.05) is 36.1 Å². The first-order chi connectivity index (χ1) is 16.0. The van der Waals surface area contributed by atoms with Gasteiger partial charge in [-0.2, -0.15) is 0 Å². The zero-order valence-corrected chi connectivity index (χ0v) is 18.9. The molecule has 0 aliphatic carbocycles. The molecule has 7 heterocycles. The van der Waals surface area contributed by atoms with E-state index in [9.17, 15) is 4.39 Å². The molecule has 4 aromatic heterocycles. The number of aryl methyl sites for hydroxylation is 2. The minimum Gasteiger partial charge on any atom is -0.304 e. The second-order valence-electron chi connectivity index (χ2n) is 9.28. The lowest BCUT2D eigenvalue weighted by Gasteiger charge is -2.44. The fourth-order valence-electron chi connectivity index (χ4n) is 5.41. The van der Waals surface area contributed by atoms with Crippen molar-refractivity contribution in [3.63, 3.8) is 0 Å². The molecule has 0 radical (unpaired) electrons. The third-order valence-corrected chi connectivity index (χ3v) is 7.07. The molecule has 2 bridgehead atoms. The van der Waals surface area contributed by atoms with Crippen molar-refractivity contribution in [1.29, 1.82) is 0 Å². The lowest BCUT2D eigenvalue weighted by molar-refractivity contribution is 0.0854. The summed E-state index contributed by atoms with van der Waals surface area (Å²) in [7, 11) is 0. The second-order valence-corrected chi connectivity index (χ2v) is 9.28. The summed E-state index contributed by atoms with van der Waals surface area (Å²) < 4.78 is 16.0. The normalized spacial score (nSPS) is 22.2. The average molecular weight is 444 g/mol. The molecule has 3 fully saturated rings. The summed E-state index contributed by atoms with van der Waals surface area (Å²) in [5.41, 5.74) is 5.11. The molecule has 7 nitrogen and oxygen atoms in total. The van der Waals surface area contributed by atoms with Crippen molar-refractivity contribution >= 4 is 11.2 Å². The van der Waals surface area contributed by atoms with Crippen LogP contribution in [0.2, 0.25) is 0 Å². The number of hydrogen-bond acceptors (Lipinski definition) is 6. The predicted octanol–water partition coefficient (Wildman–Crippen LogP) is 3.90. The molecule has 7 rings (SSSR count). The van der Waals surface area contributed by atoms with Gasteiger partial charge in [-0.25, -0.2) is 19.3 Å². The van der Waals surface area contributed by atoms with E-state index in [1.54, 1.807) is 6.20 Å². The highest BCUT2D eigenvalue weighted by Gasteiger charge is 2.35. The highest BCUT2D eigenvalue weighted by atomic mass is 19.1.